The van der Waals surface area contributed by atoms with Crippen LogP contribution in [0.15, 0.2) is 53.7 Å². The van der Waals surface area contributed by atoms with Gasteiger partial charge in [0.2, 0.25) is 5.91 Å². The molecule has 1 aliphatic carbocycles. The highest BCUT2D eigenvalue weighted by molar-refractivity contribution is 7.99. The van der Waals surface area contributed by atoms with Gasteiger partial charge in [0, 0.05) is 28.2 Å². The fourth-order valence-electron chi connectivity index (χ4n) is 4.93. The van der Waals surface area contributed by atoms with Crippen LogP contribution in [-0.2, 0) is 22.4 Å². The number of thiophene rings is 1. The highest BCUT2D eigenvalue weighted by Crippen LogP contribution is 2.40. The predicted octanol–water partition coefficient (Wildman–Crippen LogP) is 6.85. The Balaban J connectivity index is 1.30. The molecule has 0 bridgehead atoms. The summed E-state index contributed by atoms with van der Waals surface area (Å²) in [5, 5.41) is 4.29. The van der Waals surface area contributed by atoms with Gasteiger partial charge < -0.3 is 24.5 Å². The lowest BCUT2D eigenvalue weighted by molar-refractivity contribution is -0.115. The number of amides is 1. The van der Waals surface area contributed by atoms with Gasteiger partial charge in [0.05, 0.1) is 38.3 Å². The zero-order valence-corrected chi connectivity index (χ0v) is 25.2. The average molecular weight is 592 g/mol. The first-order valence-electron chi connectivity index (χ1n) is 13.4. The van der Waals surface area contributed by atoms with E-state index in [4.69, 9.17) is 19.2 Å². The number of ether oxygens (including phenoxy) is 3. The van der Waals surface area contributed by atoms with Gasteiger partial charge in [-0.1, -0.05) is 18.7 Å². The summed E-state index contributed by atoms with van der Waals surface area (Å²) >= 11 is 2.97. The van der Waals surface area contributed by atoms with E-state index in [1.54, 1.807) is 14.2 Å². The Hall–Kier alpha value is -3.76. The summed E-state index contributed by atoms with van der Waals surface area (Å²) in [6.45, 7) is 2.21. The molecule has 1 aliphatic rings. The van der Waals surface area contributed by atoms with E-state index in [-0.39, 0.29) is 12.3 Å². The number of nitrogens with one attached hydrogen (secondary N) is 2. The van der Waals surface area contributed by atoms with Crippen molar-refractivity contribution in [3.63, 3.8) is 0 Å². The molecule has 4 aromatic rings. The van der Waals surface area contributed by atoms with Gasteiger partial charge in [-0.2, -0.15) is 0 Å². The first-order valence-corrected chi connectivity index (χ1v) is 15.2. The number of H-pyrrole nitrogens is 1. The van der Waals surface area contributed by atoms with Crippen molar-refractivity contribution in [2.45, 2.75) is 37.8 Å². The third-order valence-corrected chi connectivity index (χ3v) is 9.19. The van der Waals surface area contributed by atoms with Gasteiger partial charge in [-0.25, -0.2) is 9.78 Å². The van der Waals surface area contributed by atoms with E-state index in [9.17, 15) is 9.59 Å². The Morgan fingerprint density at radius 3 is 2.32 bits per heavy atom. The number of rotatable bonds is 10. The van der Waals surface area contributed by atoms with Crippen LogP contribution in [0.25, 0.3) is 22.5 Å². The van der Waals surface area contributed by atoms with Crippen molar-refractivity contribution in [1.29, 1.82) is 0 Å². The molecule has 2 heterocycles. The van der Waals surface area contributed by atoms with Gasteiger partial charge in [0.1, 0.15) is 16.5 Å². The maximum Gasteiger partial charge on any atom is 0.341 e. The second-order valence-electron chi connectivity index (χ2n) is 9.92. The monoisotopic (exact) mass is 591 g/mol. The van der Waals surface area contributed by atoms with Crippen LogP contribution in [0.2, 0.25) is 0 Å². The van der Waals surface area contributed by atoms with E-state index in [1.165, 1.54) is 35.1 Å². The third-order valence-electron chi connectivity index (χ3n) is 7.15. The van der Waals surface area contributed by atoms with E-state index in [2.05, 4.69) is 17.2 Å². The maximum atomic E-state index is 13.0. The molecule has 2 aromatic heterocycles. The highest BCUT2D eigenvalue weighted by atomic mass is 32.2. The van der Waals surface area contributed by atoms with Crippen LogP contribution in [0.3, 0.4) is 0 Å². The number of aromatic amines is 1. The molecular formula is C31H33N3O5S2. The van der Waals surface area contributed by atoms with E-state index in [1.807, 2.05) is 48.5 Å². The molecule has 8 nitrogen and oxygen atoms in total. The van der Waals surface area contributed by atoms with Crippen LogP contribution in [-0.4, -0.2) is 48.9 Å². The number of nitrogens with zero attached hydrogens (tertiary/aromatic N) is 1. The van der Waals surface area contributed by atoms with Crippen LogP contribution in [0.1, 0.15) is 40.6 Å². The molecule has 1 atom stereocenters. The van der Waals surface area contributed by atoms with Gasteiger partial charge >= 0.3 is 5.97 Å². The number of thioether (sulfide) groups is 1. The van der Waals surface area contributed by atoms with Crippen molar-refractivity contribution >= 4 is 40.0 Å². The number of fused-ring (bicyclic) bond motifs is 1. The number of aromatic nitrogens is 2. The number of esters is 1. The predicted molar refractivity (Wildman–Crippen MR) is 163 cm³/mol. The zero-order chi connectivity index (χ0) is 28.9. The molecule has 5 rings (SSSR count). The molecular weight excluding hydrogens is 558 g/mol. The smallest absolute Gasteiger partial charge is 0.341 e. The summed E-state index contributed by atoms with van der Waals surface area (Å²) in [5.74, 6) is 2.08. The minimum atomic E-state index is -0.394. The molecule has 0 saturated carbocycles. The number of carbonyl (C=O) groups excluding carboxylic acids is 2. The van der Waals surface area contributed by atoms with Crippen molar-refractivity contribution in [1.82, 2.24) is 9.97 Å². The van der Waals surface area contributed by atoms with Gasteiger partial charge in [-0.15, -0.1) is 11.3 Å². The molecule has 2 N–H and O–H groups in total. The Kier molecular flexibility index (Phi) is 8.99. The van der Waals surface area contributed by atoms with Crippen molar-refractivity contribution in [2.75, 3.05) is 32.4 Å². The summed E-state index contributed by atoms with van der Waals surface area (Å²) < 4.78 is 15.7. The van der Waals surface area contributed by atoms with Crippen LogP contribution in [0.5, 0.6) is 11.5 Å². The fraction of sp³-hybridized carbons (Fsp3) is 0.323. The minimum absolute atomic E-state index is 0.147. The van der Waals surface area contributed by atoms with E-state index in [0.717, 1.165) is 58.8 Å². The molecule has 41 heavy (non-hydrogen) atoms. The largest absolute Gasteiger partial charge is 0.497 e. The number of anilines is 1. The summed E-state index contributed by atoms with van der Waals surface area (Å²) in [6, 6.07) is 15.6. The Morgan fingerprint density at radius 1 is 1.02 bits per heavy atom. The number of benzene rings is 2. The maximum absolute atomic E-state index is 13.0. The fourth-order valence-corrected chi connectivity index (χ4v) is 7.16. The van der Waals surface area contributed by atoms with Gasteiger partial charge in [0.25, 0.3) is 0 Å². The van der Waals surface area contributed by atoms with Crippen molar-refractivity contribution in [3.05, 3.63) is 64.5 Å². The van der Waals surface area contributed by atoms with E-state index >= 15 is 0 Å². The molecule has 214 valence electrons. The van der Waals surface area contributed by atoms with Crippen LogP contribution < -0.4 is 14.8 Å². The van der Waals surface area contributed by atoms with Crippen molar-refractivity contribution in [2.24, 2.45) is 5.92 Å². The molecule has 2 aromatic carbocycles. The molecule has 0 radical (unpaired) electrons. The molecule has 1 amide bonds. The average Bonchev–Trinajstić information content (AvgIpc) is 3.57. The summed E-state index contributed by atoms with van der Waals surface area (Å²) in [6.07, 6.45) is 3.04. The lowest BCUT2D eigenvalue weighted by Gasteiger charge is -2.18. The molecule has 0 spiro atoms. The molecule has 10 heteroatoms. The van der Waals surface area contributed by atoms with Crippen molar-refractivity contribution < 1.29 is 23.8 Å². The number of methoxy groups -OCH3 is 3. The van der Waals surface area contributed by atoms with Crippen LogP contribution >= 0.6 is 23.1 Å². The highest BCUT2D eigenvalue weighted by Gasteiger charge is 2.29. The number of hydrogen-bond acceptors (Lipinski definition) is 8. The number of hydrogen-bond donors (Lipinski definition) is 2. The first-order chi connectivity index (χ1) is 19.9. The van der Waals surface area contributed by atoms with Crippen LogP contribution in [0.4, 0.5) is 5.00 Å². The molecule has 0 fully saturated rings. The van der Waals surface area contributed by atoms with Crippen molar-refractivity contribution in [3.8, 4) is 34.0 Å². The Morgan fingerprint density at radius 2 is 1.68 bits per heavy atom. The van der Waals surface area contributed by atoms with Gasteiger partial charge in [-0.05, 0) is 79.3 Å². The van der Waals surface area contributed by atoms with E-state index in [0.29, 0.717) is 27.4 Å². The van der Waals surface area contributed by atoms with E-state index < -0.39 is 5.97 Å². The lowest BCUT2D eigenvalue weighted by Crippen LogP contribution is -2.16. The Bertz CT molecular complexity index is 1460. The standard InChI is InChI=1S/C31H33N3O5S2/c1-18-5-14-23-24(17-18)41-29(26(23)30(36)39-4)32-25(35)15-16-40-31-33-27(19-6-10-21(37-2)11-7-19)28(34-31)20-8-12-22(38-3)13-9-20/h6-13,18H,5,14-17H2,1-4H3,(H,32,35)(H,33,34). The number of imidazole rings is 1. The SMILES string of the molecule is COC(=O)c1c(NC(=O)CCSc2nc(-c3ccc(OC)cc3)c(-c3ccc(OC)cc3)[nH]2)sc2c1CCC(C)C2. The second-order valence-corrected chi connectivity index (χ2v) is 12.1. The van der Waals surface area contributed by atoms with Crippen LogP contribution in [0, 0.1) is 5.92 Å². The zero-order valence-electron chi connectivity index (χ0n) is 23.5. The molecule has 1 unspecified atom stereocenters. The van der Waals surface area contributed by atoms with Gasteiger partial charge in [0.15, 0.2) is 5.16 Å². The summed E-state index contributed by atoms with van der Waals surface area (Å²) in [4.78, 5) is 35.0. The normalized spacial score (nSPS) is 14.3. The molecule has 0 saturated heterocycles. The summed E-state index contributed by atoms with van der Waals surface area (Å²) in [5.41, 5.74) is 5.15. The molecule has 0 aliphatic heterocycles. The first kappa shape index (κ1) is 28.8. The number of carbonyl (C=O) groups is 2. The summed E-state index contributed by atoms with van der Waals surface area (Å²) in [7, 11) is 4.66. The Labute approximate surface area is 247 Å². The van der Waals surface area contributed by atoms with Gasteiger partial charge in [-0.3, -0.25) is 4.79 Å². The lowest BCUT2D eigenvalue weighted by atomic mass is 9.88. The third kappa shape index (κ3) is 6.44. The minimum Gasteiger partial charge on any atom is -0.497 e. The quantitative estimate of drug-likeness (QED) is 0.154. The second kappa shape index (κ2) is 12.8. The topological polar surface area (TPSA) is 103 Å².